The van der Waals surface area contributed by atoms with Gasteiger partial charge in [0.25, 0.3) is 0 Å². The monoisotopic (exact) mass is 121 g/mol. The first kappa shape index (κ1) is 4.73. The molecule has 0 spiro atoms. The van der Waals surface area contributed by atoms with Crippen molar-refractivity contribution in [3.8, 4) is 0 Å². The average Bonchev–Trinajstić information content (AvgIpc) is 2.33. The SMILES string of the molecule is C1=NCCn2cncc21. The van der Waals surface area contributed by atoms with Gasteiger partial charge >= 0.3 is 0 Å². The zero-order valence-corrected chi connectivity index (χ0v) is 4.99. The van der Waals surface area contributed by atoms with Gasteiger partial charge in [0.15, 0.2) is 0 Å². The molecule has 0 aromatic carbocycles. The third-order valence-corrected chi connectivity index (χ3v) is 1.44. The summed E-state index contributed by atoms with van der Waals surface area (Å²) in [7, 11) is 0. The lowest BCUT2D eigenvalue weighted by Crippen LogP contribution is -2.08. The summed E-state index contributed by atoms with van der Waals surface area (Å²) in [6.45, 7) is 1.87. The summed E-state index contributed by atoms with van der Waals surface area (Å²) in [5.41, 5.74) is 1.11. The Balaban J connectivity index is 2.53. The lowest BCUT2D eigenvalue weighted by Gasteiger charge is -2.05. The number of hydrogen-bond acceptors (Lipinski definition) is 2. The Kier molecular flexibility index (Phi) is 0.886. The number of nitrogens with zero attached hydrogens (tertiary/aromatic N) is 3. The van der Waals surface area contributed by atoms with Crippen LogP contribution in [0.2, 0.25) is 0 Å². The van der Waals surface area contributed by atoms with Gasteiger partial charge in [-0.05, 0) is 0 Å². The van der Waals surface area contributed by atoms with Crippen LogP contribution >= 0.6 is 0 Å². The van der Waals surface area contributed by atoms with Crippen molar-refractivity contribution in [3.63, 3.8) is 0 Å². The van der Waals surface area contributed by atoms with Gasteiger partial charge in [0.1, 0.15) is 0 Å². The van der Waals surface area contributed by atoms with E-state index in [1.54, 1.807) is 0 Å². The lowest BCUT2D eigenvalue weighted by atomic mass is 10.4. The maximum Gasteiger partial charge on any atom is 0.0951 e. The molecule has 0 amide bonds. The third-order valence-electron chi connectivity index (χ3n) is 1.44. The van der Waals surface area contributed by atoms with Gasteiger partial charge in [0.2, 0.25) is 0 Å². The van der Waals surface area contributed by atoms with Gasteiger partial charge in [-0.1, -0.05) is 0 Å². The molecular weight excluding hydrogens is 114 g/mol. The molecule has 2 rings (SSSR count). The van der Waals surface area contributed by atoms with Crippen molar-refractivity contribution in [3.05, 3.63) is 18.2 Å². The quantitative estimate of drug-likeness (QED) is 0.486. The Labute approximate surface area is 53.1 Å². The first-order valence-electron chi connectivity index (χ1n) is 2.97. The Hall–Kier alpha value is -1.12. The summed E-state index contributed by atoms with van der Waals surface area (Å²) >= 11 is 0. The number of fused-ring (bicyclic) bond motifs is 1. The molecule has 0 aliphatic carbocycles. The Morgan fingerprint density at radius 3 is 3.44 bits per heavy atom. The minimum atomic E-state index is 0.892. The predicted molar refractivity (Wildman–Crippen MR) is 34.7 cm³/mol. The van der Waals surface area contributed by atoms with Crippen molar-refractivity contribution >= 4 is 6.21 Å². The largest absolute Gasteiger partial charge is 0.328 e. The van der Waals surface area contributed by atoms with Crippen molar-refractivity contribution in [1.82, 2.24) is 9.55 Å². The van der Waals surface area contributed by atoms with E-state index in [0.29, 0.717) is 0 Å². The molecule has 3 heteroatoms. The third kappa shape index (κ3) is 0.650. The number of aromatic nitrogens is 2. The van der Waals surface area contributed by atoms with Crippen molar-refractivity contribution in [2.75, 3.05) is 6.54 Å². The maximum absolute atomic E-state index is 4.10. The highest BCUT2D eigenvalue weighted by Gasteiger charge is 2.00. The van der Waals surface area contributed by atoms with E-state index in [1.165, 1.54) is 0 Å². The van der Waals surface area contributed by atoms with Crippen LogP contribution in [0.3, 0.4) is 0 Å². The molecule has 0 atom stereocenters. The molecule has 9 heavy (non-hydrogen) atoms. The van der Waals surface area contributed by atoms with E-state index in [1.807, 2.05) is 18.7 Å². The first-order valence-corrected chi connectivity index (χ1v) is 2.97. The molecule has 0 saturated heterocycles. The minimum Gasteiger partial charge on any atom is -0.328 e. The smallest absolute Gasteiger partial charge is 0.0951 e. The summed E-state index contributed by atoms with van der Waals surface area (Å²) in [6.07, 6.45) is 5.51. The van der Waals surface area contributed by atoms with E-state index in [2.05, 4.69) is 14.5 Å². The average molecular weight is 121 g/mol. The first-order chi connectivity index (χ1) is 4.47. The van der Waals surface area contributed by atoms with E-state index in [-0.39, 0.29) is 0 Å². The highest BCUT2D eigenvalue weighted by atomic mass is 15.1. The summed E-state index contributed by atoms with van der Waals surface area (Å²) in [4.78, 5) is 8.08. The molecule has 1 aliphatic rings. The fourth-order valence-corrected chi connectivity index (χ4v) is 0.949. The van der Waals surface area contributed by atoms with Crippen LogP contribution in [0.4, 0.5) is 0 Å². The summed E-state index contributed by atoms with van der Waals surface area (Å²) in [5, 5.41) is 0. The second-order valence-corrected chi connectivity index (χ2v) is 2.05. The second kappa shape index (κ2) is 1.69. The lowest BCUT2D eigenvalue weighted by molar-refractivity contribution is 0.690. The van der Waals surface area contributed by atoms with Crippen LogP contribution in [0.15, 0.2) is 17.5 Å². The van der Waals surface area contributed by atoms with E-state index in [4.69, 9.17) is 0 Å². The zero-order chi connectivity index (χ0) is 6.10. The maximum atomic E-state index is 4.10. The van der Waals surface area contributed by atoms with Crippen LogP contribution in [-0.2, 0) is 6.54 Å². The summed E-state index contributed by atoms with van der Waals surface area (Å²) in [6, 6.07) is 0. The highest BCUT2D eigenvalue weighted by Crippen LogP contribution is 1.99. The molecular formula is C6H7N3. The van der Waals surface area contributed by atoms with Gasteiger partial charge in [-0.15, -0.1) is 0 Å². The van der Waals surface area contributed by atoms with Crippen LogP contribution in [0.5, 0.6) is 0 Å². The highest BCUT2D eigenvalue weighted by molar-refractivity contribution is 5.77. The Morgan fingerprint density at radius 2 is 2.56 bits per heavy atom. The van der Waals surface area contributed by atoms with Crippen molar-refractivity contribution in [2.24, 2.45) is 4.99 Å². The molecule has 1 aromatic heterocycles. The normalized spacial score (nSPS) is 15.6. The molecule has 0 saturated carbocycles. The van der Waals surface area contributed by atoms with E-state index in [0.717, 1.165) is 18.8 Å². The molecule has 1 aliphatic heterocycles. The Bertz CT molecular complexity index is 236. The van der Waals surface area contributed by atoms with E-state index >= 15 is 0 Å². The van der Waals surface area contributed by atoms with Crippen LogP contribution < -0.4 is 0 Å². The number of hydrogen-bond donors (Lipinski definition) is 0. The number of rotatable bonds is 0. The van der Waals surface area contributed by atoms with Crippen LogP contribution in [0, 0.1) is 0 Å². The fraction of sp³-hybridized carbons (Fsp3) is 0.333. The van der Waals surface area contributed by atoms with E-state index < -0.39 is 0 Å². The van der Waals surface area contributed by atoms with Crippen molar-refractivity contribution in [1.29, 1.82) is 0 Å². The molecule has 0 fully saturated rings. The summed E-state index contributed by atoms with van der Waals surface area (Å²) < 4.78 is 2.09. The molecule has 2 heterocycles. The molecule has 1 aromatic rings. The molecule has 0 bridgehead atoms. The van der Waals surface area contributed by atoms with Crippen LogP contribution in [-0.4, -0.2) is 22.3 Å². The fourth-order valence-electron chi connectivity index (χ4n) is 0.949. The minimum absolute atomic E-state index is 0.892. The van der Waals surface area contributed by atoms with Gasteiger partial charge in [0.05, 0.1) is 24.8 Å². The number of imidazole rings is 1. The molecule has 3 nitrogen and oxygen atoms in total. The molecule has 0 N–H and O–H groups in total. The van der Waals surface area contributed by atoms with Gasteiger partial charge in [-0.3, -0.25) is 4.99 Å². The molecule has 0 unspecified atom stereocenters. The van der Waals surface area contributed by atoms with Gasteiger partial charge in [0, 0.05) is 12.8 Å². The van der Waals surface area contributed by atoms with E-state index in [9.17, 15) is 0 Å². The Morgan fingerprint density at radius 1 is 1.56 bits per heavy atom. The number of aliphatic imine (C=N–C) groups is 1. The second-order valence-electron chi connectivity index (χ2n) is 2.05. The molecule has 0 radical (unpaired) electrons. The molecule has 46 valence electrons. The van der Waals surface area contributed by atoms with Crippen LogP contribution in [0.25, 0.3) is 0 Å². The predicted octanol–water partition coefficient (Wildman–Crippen LogP) is 0.316. The zero-order valence-electron chi connectivity index (χ0n) is 4.99. The van der Waals surface area contributed by atoms with Crippen molar-refractivity contribution in [2.45, 2.75) is 6.54 Å². The van der Waals surface area contributed by atoms with Gasteiger partial charge in [-0.2, -0.15) is 0 Å². The van der Waals surface area contributed by atoms with Crippen LogP contribution in [0.1, 0.15) is 5.69 Å². The standard InChI is InChI=1S/C6H7N3/c1-2-9-5-8-4-6(9)3-7-1/h3-5H,1-2H2. The van der Waals surface area contributed by atoms with Gasteiger partial charge < -0.3 is 4.57 Å². The topological polar surface area (TPSA) is 30.2 Å². The summed E-state index contributed by atoms with van der Waals surface area (Å²) in [5.74, 6) is 0. The van der Waals surface area contributed by atoms with Crippen molar-refractivity contribution < 1.29 is 0 Å². The van der Waals surface area contributed by atoms with Gasteiger partial charge in [-0.25, -0.2) is 4.98 Å².